The van der Waals surface area contributed by atoms with Crippen LogP contribution < -0.4 is 5.56 Å². The number of thiophene rings is 1. The van der Waals surface area contributed by atoms with Gasteiger partial charge >= 0.3 is 0 Å². The minimum Gasteiger partial charge on any atom is -0.301 e. The number of benzene rings is 2. The van der Waals surface area contributed by atoms with E-state index in [1.807, 2.05) is 53.9 Å². The van der Waals surface area contributed by atoms with Crippen molar-refractivity contribution in [1.82, 2.24) is 9.97 Å². The quantitative estimate of drug-likeness (QED) is 0.312. The molecule has 4 rings (SSSR count). The molecule has 4 aromatic rings. The van der Waals surface area contributed by atoms with Gasteiger partial charge in [0.25, 0.3) is 5.56 Å². The zero-order valence-corrected chi connectivity index (χ0v) is 15.3. The van der Waals surface area contributed by atoms with E-state index in [1.54, 1.807) is 12.1 Å². The molecule has 6 heteroatoms. The second kappa shape index (κ2) is 7.27. The molecule has 2 aromatic carbocycles. The van der Waals surface area contributed by atoms with E-state index >= 15 is 0 Å². The van der Waals surface area contributed by atoms with Gasteiger partial charge in [0.05, 0.1) is 11.1 Å². The first-order chi connectivity index (χ1) is 12.7. The first kappa shape index (κ1) is 16.8. The number of aromatic amines is 1. The monoisotopic (exact) mass is 378 g/mol. The van der Waals surface area contributed by atoms with Crippen LogP contribution in [-0.2, 0) is 0 Å². The number of fused-ring (bicyclic) bond motifs is 1. The Balaban J connectivity index is 1.61. The van der Waals surface area contributed by atoms with Gasteiger partial charge in [-0.15, -0.1) is 11.3 Å². The van der Waals surface area contributed by atoms with Crippen molar-refractivity contribution in [3.8, 4) is 11.1 Å². The van der Waals surface area contributed by atoms with Crippen LogP contribution in [0.15, 0.2) is 76.0 Å². The summed E-state index contributed by atoms with van der Waals surface area (Å²) in [4.78, 5) is 32.8. The molecule has 0 amide bonds. The summed E-state index contributed by atoms with van der Waals surface area (Å²) in [5.74, 6) is 0.240. The summed E-state index contributed by atoms with van der Waals surface area (Å²) in [6.45, 7) is 0. The third-order valence-corrected chi connectivity index (χ3v) is 5.69. The second-order valence-corrected chi connectivity index (χ2v) is 7.47. The van der Waals surface area contributed by atoms with E-state index in [0.29, 0.717) is 20.9 Å². The largest absolute Gasteiger partial charge is 0.301 e. The van der Waals surface area contributed by atoms with E-state index < -0.39 is 0 Å². The van der Waals surface area contributed by atoms with E-state index in [9.17, 15) is 9.59 Å². The molecule has 0 bridgehead atoms. The average Bonchev–Trinajstić information content (AvgIpc) is 3.12. The van der Waals surface area contributed by atoms with Gasteiger partial charge in [-0.05, 0) is 5.56 Å². The minimum absolute atomic E-state index is 0.00880. The summed E-state index contributed by atoms with van der Waals surface area (Å²) in [7, 11) is 0. The van der Waals surface area contributed by atoms with E-state index in [-0.39, 0.29) is 17.1 Å². The fourth-order valence-electron chi connectivity index (χ4n) is 2.67. The van der Waals surface area contributed by atoms with Gasteiger partial charge in [0.1, 0.15) is 4.83 Å². The highest BCUT2D eigenvalue weighted by Gasteiger charge is 2.14. The van der Waals surface area contributed by atoms with Crippen LogP contribution in [0, 0.1) is 0 Å². The Morgan fingerprint density at radius 2 is 1.73 bits per heavy atom. The lowest BCUT2D eigenvalue weighted by Gasteiger charge is -2.02. The Bertz CT molecular complexity index is 1120. The first-order valence-electron chi connectivity index (χ1n) is 8.00. The summed E-state index contributed by atoms with van der Waals surface area (Å²) in [5.41, 5.74) is 2.36. The number of ketones is 1. The Morgan fingerprint density at radius 3 is 2.46 bits per heavy atom. The van der Waals surface area contributed by atoms with Crippen molar-refractivity contribution in [3.05, 3.63) is 82.0 Å². The Kier molecular flexibility index (Phi) is 4.69. The van der Waals surface area contributed by atoms with E-state index in [1.165, 1.54) is 23.1 Å². The molecule has 4 nitrogen and oxygen atoms in total. The molecule has 128 valence electrons. The molecule has 0 radical (unpaired) electrons. The van der Waals surface area contributed by atoms with Gasteiger partial charge < -0.3 is 4.98 Å². The van der Waals surface area contributed by atoms with Crippen LogP contribution in [0.25, 0.3) is 21.3 Å². The van der Waals surface area contributed by atoms with Crippen LogP contribution in [0.2, 0.25) is 0 Å². The molecule has 0 saturated carbocycles. The number of carbonyl (C=O) groups excluding carboxylic acids is 1. The van der Waals surface area contributed by atoms with Gasteiger partial charge in [-0.2, -0.15) is 0 Å². The molecule has 0 saturated heterocycles. The Hall–Kier alpha value is -2.70. The summed E-state index contributed by atoms with van der Waals surface area (Å²) in [5, 5.41) is 3.01. The number of hydrogen-bond acceptors (Lipinski definition) is 5. The number of rotatable bonds is 5. The Morgan fingerprint density at radius 1 is 1.04 bits per heavy atom. The normalized spacial score (nSPS) is 10.9. The summed E-state index contributed by atoms with van der Waals surface area (Å²) in [6, 6.07) is 18.9. The number of Topliss-reactive ketones (excluding diaryl/α,β-unsaturated/α-hetero) is 1. The van der Waals surface area contributed by atoms with Crippen molar-refractivity contribution in [3.63, 3.8) is 0 Å². The van der Waals surface area contributed by atoms with Crippen LogP contribution in [0.4, 0.5) is 0 Å². The van der Waals surface area contributed by atoms with E-state index in [4.69, 9.17) is 0 Å². The van der Waals surface area contributed by atoms with Gasteiger partial charge in [0, 0.05) is 16.5 Å². The molecule has 0 aliphatic carbocycles. The number of thioether (sulfide) groups is 1. The number of hydrogen-bond donors (Lipinski definition) is 1. The van der Waals surface area contributed by atoms with Gasteiger partial charge in [-0.1, -0.05) is 72.4 Å². The van der Waals surface area contributed by atoms with Crippen molar-refractivity contribution >= 4 is 39.1 Å². The van der Waals surface area contributed by atoms with Crippen molar-refractivity contribution in [2.24, 2.45) is 0 Å². The predicted molar refractivity (Wildman–Crippen MR) is 107 cm³/mol. The van der Waals surface area contributed by atoms with Crippen molar-refractivity contribution in [2.45, 2.75) is 5.16 Å². The Labute approximate surface area is 157 Å². The number of aromatic nitrogens is 2. The fourth-order valence-corrected chi connectivity index (χ4v) is 4.43. The lowest BCUT2D eigenvalue weighted by atomic mass is 10.1. The zero-order chi connectivity index (χ0) is 17.9. The van der Waals surface area contributed by atoms with Crippen LogP contribution >= 0.6 is 23.1 Å². The molecule has 0 atom stereocenters. The van der Waals surface area contributed by atoms with Gasteiger partial charge in [0.2, 0.25) is 0 Å². The number of nitrogens with one attached hydrogen (secondary N) is 1. The molecule has 26 heavy (non-hydrogen) atoms. The van der Waals surface area contributed by atoms with Gasteiger partial charge in [-0.25, -0.2) is 4.98 Å². The average molecular weight is 378 g/mol. The summed E-state index contributed by atoms with van der Waals surface area (Å²) < 4.78 is 0. The van der Waals surface area contributed by atoms with E-state index in [0.717, 1.165) is 11.1 Å². The SMILES string of the molecule is O=C(CSc1nc2scc(-c3ccccc3)c2c(=O)[nH]1)c1ccccc1. The molecule has 0 aliphatic rings. The highest BCUT2D eigenvalue weighted by Crippen LogP contribution is 2.31. The molecule has 1 N–H and O–H groups in total. The first-order valence-corrected chi connectivity index (χ1v) is 9.87. The molecule has 2 aromatic heterocycles. The van der Waals surface area contributed by atoms with Crippen molar-refractivity contribution < 1.29 is 4.79 Å². The minimum atomic E-state index is -0.176. The highest BCUT2D eigenvalue weighted by molar-refractivity contribution is 7.99. The smallest absolute Gasteiger partial charge is 0.260 e. The van der Waals surface area contributed by atoms with E-state index in [2.05, 4.69) is 9.97 Å². The summed E-state index contributed by atoms with van der Waals surface area (Å²) >= 11 is 2.69. The molecule has 0 fully saturated rings. The maximum Gasteiger partial charge on any atom is 0.260 e. The van der Waals surface area contributed by atoms with Crippen molar-refractivity contribution in [1.29, 1.82) is 0 Å². The fraction of sp³-hybridized carbons (Fsp3) is 0.0500. The molecule has 0 spiro atoms. The highest BCUT2D eigenvalue weighted by atomic mass is 32.2. The molecular weight excluding hydrogens is 364 g/mol. The molecule has 2 heterocycles. The van der Waals surface area contributed by atoms with Crippen molar-refractivity contribution in [2.75, 3.05) is 5.75 Å². The zero-order valence-electron chi connectivity index (χ0n) is 13.6. The van der Waals surface area contributed by atoms with Crippen LogP contribution in [0.5, 0.6) is 0 Å². The van der Waals surface area contributed by atoms with Gasteiger partial charge in [-0.3, -0.25) is 9.59 Å². The standard InChI is InChI=1S/C20H14N2O2S2/c23-16(14-9-5-2-6-10-14)12-26-20-21-18(24)17-15(11-25-19(17)22-20)13-7-3-1-4-8-13/h1-11H,12H2,(H,21,22,24). The third-order valence-electron chi connectivity index (χ3n) is 3.94. The predicted octanol–water partition coefficient (Wildman–Crippen LogP) is 4.63. The van der Waals surface area contributed by atoms with Crippen LogP contribution in [-0.4, -0.2) is 21.5 Å². The molecule has 0 aliphatic heterocycles. The lowest BCUT2D eigenvalue weighted by molar-refractivity contribution is 0.102. The van der Waals surface area contributed by atoms with Crippen LogP contribution in [0.3, 0.4) is 0 Å². The maximum atomic E-state index is 12.6. The number of carbonyl (C=O) groups is 1. The van der Waals surface area contributed by atoms with Crippen LogP contribution in [0.1, 0.15) is 10.4 Å². The summed E-state index contributed by atoms with van der Waals surface area (Å²) in [6.07, 6.45) is 0. The van der Waals surface area contributed by atoms with Gasteiger partial charge in [0.15, 0.2) is 10.9 Å². The molecular formula is C20H14N2O2S2. The topological polar surface area (TPSA) is 62.8 Å². The third kappa shape index (κ3) is 3.34. The lowest BCUT2D eigenvalue weighted by Crippen LogP contribution is -2.10. The maximum absolute atomic E-state index is 12.6. The number of H-pyrrole nitrogens is 1. The second-order valence-electron chi connectivity index (χ2n) is 5.64. The number of nitrogens with zero attached hydrogens (tertiary/aromatic N) is 1. The molecule has 0 unspecified atom stereocenters.